The predicted octanol–water partition coefficient (Wildman–Crippen LogP) is -0.0520. The maximum absolute atomic E-state index is 11.6. The Kier molecular flexibility index (Phi) is 13.1. The van der Waals surface area contributed by atoms with Crippen LogP contribution in [0.25, 0.3) is 0 Å². The van der Waals surface area contributed by atoms with Crippen molar-refractivity contribution in [3.63, 3.8) is 0 Å². The lowest BCUT2D eigenvalue weighted by Crippen LogP contribution is -2.30. The van der Waals surface area contributed by atoms with Gasteiger partial charge in [-0.15, -0.1) is 0 Å². The maximum Gasteiger partial charge on any atom is 0.317 e. The molecule has 146 valence electrons. The first-order valence-electron chi connectivity index (χ1n) is 8.46. The van der Waals surface area contributed by atoms with Crippen LogP contribution in [0.5, 0.6) is 0 Å². The fourth-order valence-corrected chi connectivity index (χ4v) is 1.86. The van der Waals surface area contributed by atoms with E-state index in [-0.39, 0.29) is 19.8 Å². The number of carbonyl (C=O) groups excluding carboxylic acids is 2. The highest BCUT2D eigenvalue weighted by Crippen LogP contribution is 1.99. The lowest BCUT2D eigenvalue weighted by Gasteiger charge is -2.18. The number of rotatable bonds is 5. The van der Waals surface area contributed by atoms with Crippen molar-refractivity contribution in [2.75, 3.05) is 72.7 Å². The highest BCUT2D eigenvalue weighted by Gasteiger charge is 2.16. The van der Waals surface area contributed by atoms with Crippen LogP contribution in [-0.2, 0) is 42.7 Å². The summed E-state index contributed by atoms with van der Waals surface area (Å²) in [5, 5.41) is 0. The van der Waals surface area contributed by atoms with Crippen LogP contribution >= 0.6 is 0 Å². The lowest BCUT2D eigenvalue weighted by atomic mass is 10.4. The Balaban J connectivity index is 2.31. The average molecular weight is 364 g/mol. The van der Waals surface area contributed by atoms with E-state index in [4.69, 9.17) is 33.2 Å². The van der Waals surface area contributed by atoms with Crippen molar-refractivity contribution < 1.29 is 42.7 Å². The van der Waals surface area contributed by atoms with Gasteiger partial charge in [0.2, 0.25) is 0 Å². The maximum atomic E-state index is 11.6. The topological polar surface area (TPSA) is 98.8 Å². The van der Waals surface area contributed by atoms with Gasteiger partial charge >= 0.3 is 11.9 Å². The van der Waals surface area contributed by atoms with Gasteiger partial charge in [0.1, 0.15) is 19.1 Å². The van der Waals surface area contributed by atoms with Gasteiger partial charge in [0, 0.05) is 0 Å². The molecule has 0 aromatic rings. The van der Waals surface area contributed by atoms with Crippen molar-refractivity contribution in [2.24, 2.45) is 0 Å². The molecule has 0 saturated carbocycles. The Bertz CT molecular complexity index is 346. The zero-order chi connectivity index (χ0) is 18.2. The molecule has 0 aromatic carbocycles. The smallest absolute Gasteiger partial charge is 0.317 e. The molecule has 0 bridgehead atoms. The highest BCUT2D eigenvalue weighted by molar-refractivity contribution is 5.91. The zero-order valence-corrected chi connectivity index (χ0v) is 14.7. The second-order valence-electron chi connectivity index (χ2n) is 5.07. The van der Waals surface area contributed by atoms with Crippen LogP contribution in [-0.4, -0.2) is 90.7 Å². The van der Waals surface area contributed by atoms with Gasteiger partial charge < -0.3 is 33.2 Å². The van der Waals surface area contributed by atoms with Crippen molar-refractivity contribution in [3.05, 3.63) is 0 Å². The van der Waals surface area contributed by atoms with E-state index in [2.05, 4.69) is 0 Å². The minimum Gasteiger partial charge on any atom is -0.466 e. The normalized spacial score (nSPS) is 21.6. The molecule has 1 rings (SSSR count). The van der Waals surface area contributed by atoms with E-state index >= 15 is 0 Å². The van der Waals surface area contributed by atoms with Crippen LogP contribution in [0.4, 0.5) is 0 Å². The van der Waals surface area contributed by atoms with Gasteiger partial charge in [0.15, 0.2) is 0 Å². The largest absolute Gasteiger partial charge is 0.466 e. The van der Waals surface area contributed by atoms with Gasteiger partial charge in [0.05, 0.1) is 66.1 Å². The number of esters is 2. The summed E-state index contributed by atoms with van der Waals surface area (Å²) in [6, 6.07) is 0. The fourth-order valence-electron chi connectivity index (χ4n) is 1.86. The van der Waals surface area contributed by atoms with E-state index in [9.17, 15) is 9.59 Å². The first kappa shape index (κ1) is 21.8. The van der Waals surface area contributed by atoms with Crippen molar-refractivity contribution >= 4 is 11.9 Å². The minimum atomic E-state index is -0.658. The minimum absolute atomic E-state index is 0.0117. The van der Waals surface area contributed by atoms with Crippen LogP contribution in [0.15, 0.2) is 0 Å². The molecule has 0 spiro atoms. The second-order valence-corrected chi connectivity index (χ2v) is 5.07. The van der Waals surface area contributed by atoms with Gasteiger partial charge in [-0.1, -0.05) is 0 Å². The number of carbonyl (C=O) groups is 2. The molecule has 0 radical (unpaired) electrons. The molecule has 0 amide bonds. The molecule has 1 saturated heterocycles. The highest BCUT2D eigenvalue weighted by atomic mass is 16.6. The third-order valence-corrected chi connectivity index (χ3v) is 3.03. The molecule has 1 atom stereocenters. The Hall–Kier alpha value is -1.26. The van der Waals surface area contributed by atoms with E-state index in [1.165, 1.54) is 0 Å². The molecule has 1 aliphatic heterocycles. The van der Waals surface area contributed by atoms with Crippen molar-refractivity contribution in [2.45, 2.75) is 19.4 Å². The van der Waals surface area contributed by atoms with Crippen LogP contribution in [0.1, 0.15) is 13.3 Å². The molecule has 9 nitrogen and oxygen atoms in total. The average Bonchev–Trinajstić information content (AvgIpc) is 2.59. The lowest BCUT2D eigenvalue weighted by molar-refractivity contribution is -0.158. The summed E-state index contributed by atoms with van der Waals surface area (Å²) in [4.78, 5) is 22.8. The van der Waals surface area contributed by atoms with Gasteiger partial charge in [-0.2, -0.15) is 0 Å². The monoisotopic (exact) mass is 364 g/mol. The van der Waals surface area contributed by atoms with Crippen molar-refractivity contribution in [1.29, 1.82) is 0 Å². The molecule has 25 heavy (non-hydrogen) atoms. The molecular formula is C16H28O9. The molecular weight excluding hydrogens is 336 g/mol. The third kappa shape index (κ3) is 12.7. The molecule has 9 heteroatoms. The Labute approximate surface area is 147 Å². The first-order valence-corrected chi connectivity index (χ1v) is 8.46. The fraction of sp³-hybridized carbons (Fsp3) is 0.875. The first-order chi connectivity index (χ1) is 12.2. The molecule has 0 aromatic heterocycles. The summed E-state index contributed by atoms with van der Waals surface area (Å²) in [5.74, 6) is -1.27. The van der Waals surface area contributed by atoms with E-state index < -0.39 is 24.5 Å². The van der Waals surface area contributed by atoms with Crippen LogP contribution in [0, 0.1) is 0 Å². The summed E-state index contributed by atoms with van der Waals surface area (Å²) in [5.41, 5.74) is 0. The zero-order valence-electron chi connectivity index (χ0n) is 14.7. The van der Waals surface area contributed by atoms with Gasteiger partial charge in [-0.25, -0.2) is 0 Å². The summed E-state index contributed by atoms with van der Waals surface area (Å²) in [6.07, 6.45) is -0.866. The van der Waals surface area contributed by atoms with Crippen LogP contribution in [0.2, 0.25) is 0 Å². The van der Waals surface area contributed by atoms with Crippen molar-refractivity contribution in [1.82, 2.24) is 0 Å². The number of hydrogen-bond acceptors (Lipinski definition) is 9. The molecule has 0 aliphatic carbocycles. The van der Waals surface area contributed by atoms with Gasteiger partial charge in [-0.05, 0) is 6.92 Å². The molecule has 1 unspecified atom stereocenters. The van der Waals surface area contributed by atoms with E-state index in [1.807, 2.05) is 0 Å². The second kappa shape index (κ2) is 15.0. The summed E-state index contributed by atoms with van der Waals surface area (Å²) < 4.78 is 36.8. The van der Waals surface area contributed by atoms with Crippen LogP contribution in [0.3, 0.4) is 0 Å². The molecule has 1 fully saturated rings. The summed E-state index contributed by atoms with van der Waals surface area (Å²) in [7, 11) is 0. The third-order valence-electron chi connectivity index (χ3n) is 3.03. The molecule has 1 aliphatic rings. The van der Waals surface area contributed by atoms with Gasteiger partial charge in [-0.3, -0.25) is 9.59 Å². The van der Waals surface area contributed by atoms with Crippen molar-refractivity contribution in [3.8, 4) is 0 Å². The summed E-state index contributed by atoms with van der Waals surface area (Å²) in [6.45, 7) is 5.66. The standard InChI is InChI=1S/C16H28O9/c1-2-23-15(17)11-16(18)25-13-14-12-22-8-7-20-4-3-19-5-6-21-9-10-24-14/h14H,2-13H2,1H3. The van der Waals surface area contributed by atoms with E-state index in [0.717, 1.165) is 0 Å². The van der Waals surface area contributed by atoms with Gasteiger partial charge in [0.25, 0.3) is 0 Å². The molecule has 0 N–H and O–H groups in total. The molecule has 1 heterocycles. The Morgan fingerprint density at radius 1 is 0.800 bits per heavy atom. The number of ether oxygens (including phenoxy) is 7. The van der Waals surface area contributed by atoms with Crippen LogP contribution < -0.4 is 0 Å². The Morgan fingerprint density at radius 3 is 1.92 bits per heavy atom. The Morgan fingerprint density at radius 2 is 1.32 bits per heavy atom. The summed E-state index contributed by atoms with van der Waals surface area (Å²) >= 11 is 0. The SMILES string of the molecule is CCOC(=O)CC(=O)OCC1COCCOCCOCCOCCO1. The number of hydrogen-bond donors (Lipinski definition) is 0. The van der Waals surface area contributed by atoms with E-state index in [1.54, 1.807) is 6.92 Å². The quantitative estimate of drug-likeness (QED) is 0.491. The predicted molar refractivity (Wildman–Crippen MR) is 85.2 cm³/mol. The van der Waals surface area contributed by atoms with E-state index in [0.29, 0.717) is 52.9 Å².